The van der Waals surface area contributed by atoms with Crippen molar-refractivity contribution >= 4 is 23.8 Å². The smallest absolute Gasteiger partial charge is 0.312 e. The van der Waals surface area contributed by atoms with Crippen LogP contribution >= 0.6 is 0 Å². The number of benzene rings is 2. The van der Waals surface area contributed by atoms with E-state index in [1.807, 2.05) is 61.5 Å². The summed E-state index contributed by atoms with van der Waals surface area (Å²) in [6.07, 6.45) is 0.762. The summed E-state index contributed by atoms with van der Waals surface area (Å²) in [7, 11) is 0. The number of amides is 1. The molecule has 0 saturated heterocycles. The first kappa shape index (κ1) is 25.7. The van der Waals surface area contributed by atoms with Gasteiger partial charge in [-0.05, 0) is 42.7 Å². The number of hydrogen-bond acceptors (Lipinski definition) is 7. The molecule has 0 aliphatic heterocycles. The van der Waals surface area contributed by atoms with Crippen LogP contribution < -0.4 is 4.74 Å². The molecular weight excluding hydrogens is 454 g/mol. The Balaban J connectivity index is 1.62. The first-order chi connectivity index (χ1) is 16.8. The van der Waals surface area contributed by atoms with Crippen LogP contribution in [0.15, 0.2) is 54.6 Å². The van der Waals surface area contributed by atoms with Gasteiger partial charge in [0.15, 0.2) is 0 Å². The monoisotopic (exact) mass is 483 g/mol. The van der Waals surface area contributed by atoms with Gasteiger partial charge >= 0.3 is 17.9 Å². The zero-order valence-corrected chi connectivity index (χ0v) is 19.7. The highest BCUT2D eigenvalue weighted by atomic mass is 16.7. The minimum absolute atomic E-state index is 0.0682. The maximum Gasteiger partial charge on any atom is 0.312 e. The summed E-state index contributed by atoms with van der Waals surface area (Å²) in [5.41, 5.74) is 0.871. The summed E-state index contributed by atoms with van der Waals surface area (Å²) in [5, 5.41) is 9.66. The number of ether oxygens (including phenoxy) is 3. The predicted molar refractivity (Wildman–Crippen MR) is 124 cm³/mol. The molecule has 0 aromatic heterocycles. The van der Waals surface area contributed by atoms with E-state index in [2.05, 4.69) is 4.74 Å². The lowest BCUT2D eigenvalue weighted by Gasteiger charge is -2.41. The van der Waals surface area contributed by atoms with Gasteiger partial charge in [0.2, 0.25) is 12.7 Å². The summed E-state index contributed by atoms with van der Waals surface area (Å²) in [6, 6.07) is 16.7. The van der Waals surface area contributed by atoms with E-state index < -0.39 is 42.5 Å². The normalized spacial score (nSPS) is 18.6. The minimum Gasteiger partial charge on any atom is -0.481 e. The molecule has 1 aliphatic carbocycles. The fourth-order valence-corrected chi connectivity index (χ4v) is 4.05. The van der Waals surface area contributed by atoms with E-state index in [0.29, 0.717) is 31.0 Å². The largest absolute Gasteiger partial charge is 0.481 e. The van der Waals surface area contributed by atoms with Crippen LogP contribution in [0.3, 0.4) is 0 Å². The third kappa shape index (κ3) is 6.81. The Kier molecular flexibility index (Phi) is 8.83. The van der Waals surface area contributed by atoms with Crippen LogP contribution in [0, 0.1) is 17.8 Å². The molecule has 9 nitrogen and oxygen atoms in total. The molecule has 2 aromatic carbocycles. The van der Waals surface area contributed by atoms with Crippen LogP contribution in [0.25, 0.3) is 0 Å². The van der Waals surface area contributed by atoms with Crippen molar-refractivity contribution in [1.82, 2.24) is 4.90 Å². The zero-order chi connectivity index (χ0) is 25.4. The molecule has 0 spiro atoms. The first-order valence-corrected chi connectivity index (χ1v) is 11.4. The molecule has 1 fully saturated rings. The van der Waals surface area contributed by atoms with Crippen LogP contribution in [0.5, 0.6) is 11.5 Å². The Hall–Kier alpha value is -3.88. The first-order valence-electron chi connectivity index (χ1n) is 11.4. The molecule has 2 aromatic rings. The van der Waals surface area contributed by atoms with E-state index in [1.165, 1.54) is 0 Å². The Morgan fingerprint density at radius 3 is 2.20 bits per heavy atom. The summed E-state index contributed by atoms with van der Waals surface area (Å²) in [5.74, 6) is -4.56. The maximum atomic E-state index is 13.2. The number of carbonyl (C=O) groups is 4. The molecule has 1 aliphatic rings. The summed E-state index contributed by atoms with van der Waals surface area (Å²) in [4.78, 5) is 49.7. The van der Waals surface area contributed by atoms with E-state index >= 15 is 0 Å². The van der Waals surface area contributed by atoms with Crippen molar-refractivity contribution in [3.05, 3.63) is 60.2 Å². The second-order valence-electron chi connectivity index (χ2n) is 8.35. The molecule has 0 radical (unpaired) electrons. The number of carbonyl (C=O) groups excluding carboxylic acids is 3. The molecule has 1 N–H and O–H groups in total. The number of carboxylic acids is 1. The van der Waals surface area contributed by atoms with Crippen molar-refractivity contribution in [2.45, 2.75) is 33.2 Å². The second-order valence-corrected chi connectivity index (χ2v) is 8.35. The molecule has 3 unspecified atom stereocenters. The lowest BCUT2D eigenvalue weighted by atomic mass is 9.64. The number of carboxylic acid groups (broad SMARTS) is 1. The van der Waals surface area contributed by atoms with Crippen molar-refractivity contribution in [1.29, 1.82) is 0 Å². The fourth-order valence-electron chi connectivity index (χ4n) is 4.05. The van der Waals surface area contributed by atoms with Gasteiger partial charge in [-0.2, -0.15) is 0 Å². The number of aliphatic carboxylic acids is 1. The van der Waals surface area contributed by atoms with Gasteiger partial charge in [-0.1, -0.05) is 37.3 Å². The number of esters is 2. The highest BCUT2D eigenvalue weighted by molar-refractivity contribution is 5.92. The van der Waals surface area contributed by atoms with Crippen molar-refractivity contribution in [3.8, 4) is 11.5 Å². The predicted octanol–water partition coefficient (Wildman–Crippen LogP) is 3.62. The second kappa shape index (κ2) is 12.0. The molecule has 186 valence electrons. The van der Waals surface area contributed by atoms with Crippen molar-refractivity contribution in [2.75, 3.05) is 13.3 Å². The third-order valence-corrected chi connectivity index (χ3v) is 5.82. The van der Waals surface area contributed by atoms with Gasteiger partial charge in [-0.15, -0.1) is 0 Å². The van der Waals surface area contributed by atoms with Gasteiger partial charge < -0.3 is 24.2 Å². The summed E-state index contributed by atoms with van der Waals surface area (Å²) < 4.78 is 15.2. The molecule has 0 bridgehead atoms. The third-order valence-electron chi connectivity index (χ3n) is 5.82. The lowest BCUT2D eigenvalue weighted by Crippen LogP contribution is -2.53. The molecule has 1 saturated carbocycles. The number of hydrogen-bond donors (Lipinski definition) is 1. The topological polar surface area (TPSA) is 119 Å². The maximum absolute atomic E-state index is 13.2. The van der Waals surface area contributed by atoms with Gasteiger partial charge in [0, 0.05) is 20.0 Å². The van der Waals surface area contributed by atoms with Gasteiger partial charge in [-0.25, -0.2) is 0 Å². The zero-order valence-electron chi connectivity index (χ0n) is 19.7. The van der Waals surface area contributed by atoms with Crippen molar-refractivity contribution in [2.24, 2.45) is 17.8 Å². The van der Waals surface area contributed by atoms with Crippen LogP contribution in [-0.2, 0) is 35.2 Å². The molecule has 3 rings (SSSR count). The quantitative estimate of drug-likeness (QED) is 0.380. The van der Waals surface area contributed by atoms with Crippen LogP contribution in [0.4, 0.5) is 0 Å². The highest BCUT2D eigenvalue weighted by Crippen LogP contribution is 2.43. The molecule has 3 atom stereocenters. The molecular formula is C26H29NO8. The highest BCUT2D eigenvalue weighted by Gasteiger charge is 2.54. The standard InChI is InChI=1S/C26H29NO8/c1-3-13-27(15-18-9-11-20(12-10-18)35-19-7-5-4-6-8-19)24(29)21-14-22(23(21)25(30)31)26(32)34-16-33-17(2)28/h4-12,21-23H,3,13-16H2,1-2H3,(H,30,31). The van der Waals surface area contributed by atoms with Gasteiger partial charge in [0.25, 0.3) is 0 Å². The minimum atomic E-state index is -1.23. The summed E-state index contributed by atoms with van der Waals surface area (Å²) >= 11 is 0. The van der Waals surface area contributed by atoms with Crippen molar-refractivity contribution in [3.63, 3.8) is 0 Å². The van der Waals surface area contributed by atoms with Crippen molar-refractivity contribution < 1.29 is 38.5 Å². The molecule has 9 heteroatoms. The average Bonchev–Trinajstić information content (AvgIpc) is 2.79. The van der Waals surface area contributed by atoms with Crippen LogP contribution in [0.1, 0.15) is 32.3 Å². The van der Waals surface area contributed by atoms with E-state index in [-0.39, 0.29) is 12.3 Å². The Morgan fingerprint density at radius 1 is 0.943 bits per heavy atom. The summed E-state index contributed by atoms with van der Waals surface area (Å²) in [6.45, 7) is 3.27. The van der Waals surface area contributed by atoms with Crippen LogP contribution in [0.2, 0.25) is 0 Å². The van der Waals surface area contributed by atoms with E-state index in [9.17, 15) is 24.3 Å². The Labute approximate surface area is 203 Å². The van der Waals surface area contributed by atoms with Gasteiger partial charge in [0.1, 0.15) is 11.5 Å². The van der Waals surface area contributed by atoms with Crippen LogP contribution in [-0.4, -0.2) is 47.2 Å². The fraction of sp³-hybridized carbons (Fsp3) is 0.385. The van der Waals surface area contributed by atoms with Gasteiger partial charge in [-0.3, -0.25) is 19.2 Å². The molecule has 1 amide bonds. The lowest BCUT2D eigenvalue weighted by molar-refractivity contribution is -0.183. The SMILES string of the molecule is CCCN(Cc1ccc(Oc2ccccc2)cc1)C(=O)C1CC(C(=O)OCOC(C)=O)C1C(=O)O. The average molecular weight is 484 g/mol. The van der Waals surface area contributed by atoms with E-state index in [4.69, 9.17) is 9.47 Å². The Morgan fingerprint density at radius 2 is 1.60 bits per heavy atom. The Bertz CT molecular complexity index is 1040. The molecule has 35 heavy (non-hydrogen) atoms. The number of para-hydroxylation sites is 1. The number of nitrogens with zero attached hydrogens (tertiary/aromatic N) is 1. The van der Waals surface area contributed by atoms with E-state index in [0.717, 1.165) is 12.5 Å². The van der Waals surface area contributed by atoms with E-state index in [1.54, 1.807) is 4.90 Å². The molecule has 0 heterocycles. The number of rotatable bonds is 11. The van der Waals surface area contributed by atoms with Gasteiger partial charge in [0.05, 0.1) is 17.8 Å².